The van der Waals surface area contributed by atoms with Crippen LogP contribution in [0.5, 0.6) is 0 Å². The van der Waals surface area contributed by atoms with Crippen molar-refractivity contribution < 1.29 is 4.42 Å². The summed E-state index contributed by atoms with van der Waals surface area (Å²) in [7, 11) is 0. The standard InChI is InChI=1S/C42H23N3OS/c1-3-12-26-24(10-1)21-23-33-36(26)31-22-20-25-11-2-4-13-27(25)39(31)45(33)42-43-37-30-15-5-7-18-34(30)46-40(37)38(44-42)32-17-9-16-29-28-14-6-8-19-35(28)47-41(29)32/h1-23H. The summed E-state index contributed by atoms with van der Waals surface area (Å²) in [4.78, 5) is 10.8. The lowest BCUT2D eigenvalue weighted by atomic mass is 10.0. The van der Waals surface area contributed by atoms with E-state index in [9.17, 15) is 0 Å². The van der Waals surface area contributed by atoms with E-state index in [-0.39, 0.29) is 0 Å². The Morgan fingerprint density at radius 2 is 1.23 bits per heavy atom. The molecular weight excluding hydrogens is 595 g/mol. The first-order valence-corrected chi connectivity index (χ1v) is 16.6. The second-order valence-corrected chi connectivity index (χ2v) is 13.2. The van der Waals surface area contributed by atoms with Crippen LogP contribution in [0, 0.1) is 0 Å². The van der Waals surface area contributed by atoms with Gasteiger partial charge in [0.05, 0.1) is 11.0 Å². The molecule has 0 saturated heterocycles. The number of aromatic nitrogens is 3. The second kappa shape index (κ2) is 9.25. The third-order valence-electron chi connectivity index (χ3n) is 9.61. The van der Waals surface area contributed by atoms with Gasteiger partial charge in [-0.25, -0.2) is 9.97 Å². The van der Waals surface area contributed by atoms with Crippen molar-refractivity contribution in [3.8, 4) is 17.2 Å². The Morgan fingerprint density at radius 3 is 2.13 bits per heavy atom. The summed E-state index contributed by atoms with van der Waals surface area (Å²) in [6.07, 6.45) is 0. The summed E-state index contributed by atoms with van der Waals surface area (Å²) in [5.41, 5.74) is 6.35. The van der Waals surface area contributed by atoms with E-state index in [1.54, 1.807) is 11.3 Å². The number of benzene rings is 7. The Morgan fingerprint density at radius 1 is 0.532 bits per heavy atom. The smallest absolute Gasteiger partial charge is 0.236 e. The SMILES string of the molecule is c1ccc2c(c1)ccc1c2c2ccc3ccccc3c2n1-c1nc(-c2cccc3c2sc2ccccc23)c2oc3ccccc3c2n1. The maximum absolute atomic E-state index is 6.61. The third-order valence-corrected chi connectivity index (χ3v) is 10.8. The molecule has 0 N–H and O–H groups in total. The van der Waals surface area contributed by atoms with Gasteiger partial charge in [-0.05, 0) is 40.4 Å². The van der Waals surface area contributed by atoms with Gasteiger partial charge in [0.15, 0.2) is 5.58 Å². The molecule has 0 amide bonds. The van der Waals surface area contributed by atoms with Crippen molar-refractivity contribution in [2.24, 2.45) is 0 Å². The van der Waals surface area contributed by atoms with Gasteiger partial charge in [0.25, 0.3) is 0 Å². The van der Waals surface area contributed by atoms with Crippen LogP contribution in [0.25, 0.3) is 103 Å². The molecule has 0 unspecified atom stereocenters. The van der Waals surface area contributed by atoms with Crippen LogP contribution in [0.2, 0.25) is 0 Å². The Balaban J connectivity index is 1.34. The van der Waals surface area contributed by atoms with E-state index >= 15 is 0 Å². The van der Waals surface area contributed by atoms with Gasteiger partial charge in [-0.2, -0.15) is 0 Å². The summed E-state index contributed by atoms with van der Waals surface area (Å²) in [6, 6.07) is 49.4. The molecular formula is C42H23N3OS. The first-order valence-electron chi connectivity index (χ1n) is 15.8. The molecule has 47 heavy (non-hydrogen) atoms. The minimum Gasteiger partial charge on any atom is -0.452 e. The highest BCUT2D eigenvalue weighted by Gasteiger charge is 2.24. The van der Waals surface area contributed by atoms with E-state index < -0.39 is 0 Å². The van der Waals surface area contributed by atoms with Gasteiger partial charge in [0.2, 0.25) is 5.95 Å². The summed E-state index contributed by atoms with van der Waals surface area (Å²) in [5, 5.41) is 10.6. The van der Waals surface area contributed by atoms with Crippen molar-refractivity contribution in [3.63, 3.8) is 0 Å². The Kier molecular flexibility index (Phi) is 4.96. The fourth-order valence-corrected chi connectivity index (χ4v) is 8.77. The molecule has 0 bridgehead atoms. The molecule has 218 valence electrons. The molecule has 0 aliphatic heterocycles. The fourth-order valence-electron chi connectivity index (χ4n) is 7.55. The van der Waals surface area contributed by atoms with E-state index in [1.165, 1.54) is 52.5 Å². The summed E-state index contributed by atoms with van der Waals surface area (Å²) in [6.45, 7) is 0. The van der Waals surface area contributed by atoms with Crippen molar-refractivity contribution >= 4 is 96.9 Å². The van der Waals surface area contributed by atoms with E-state index in [0.717, 1.165) is 38.8 Å². The number of furan rings is 1. The first-order chi connectivity index (χ1) is 23.3. The van der Waals surface area contributed by atoms with Crippen LogP contribution in [0.3, 0.4) is 0 Å². The monoisotopic (exact) mass is 617 g/mol. The van der Waals surface area contributed by atoms with Gasteiger partial charge in [-0.1, -0.05) is 115 Å². The first kappa shape index (κ1) is 25.2. The van der Waals surface area contributed by atoms with Gasteiger partial charge in [-0.3, -0.25) is 4.57 Å². The Bertz CT molecular complexity index is 3090. The quantitative estimate of drug-likeness (QED) is 0.194. The molecule has 0 radical (unpaired) electrons. The van der Waals surface area contributed by atoms with Crippen molar-refractivity contribution in [2.75, 3.05) is 0 Å². The number of thiophene rings is 1. The lowest BCUT2D eigenvalue weighted by Crippen LogP contribution is -2.03. The zero-order valence-electron chi connectivity index (χ0n) is 24.9. The van der Waals surface area contributed by atoms with Crippen LogP contribution in [0.15, 0.2) is 144 Å². The number of hydrogen-bond acceptors (Lipinski definition) is 4. The molecule has 5 heteroatoms. The molecule has 0 fully saturated rings. The van der Waals surface area contributed by atoms with Crippen LogP contribution in [0.4, 0.5) is 0 Å². The molecule has 4 heterocycles. The topological polar surface area (TPSA) is 43.9 Å². The number of nitrogens with zero attached hydrogens (tertiary/aromatic N) is 3. The molecule has 11 aromatic rings. The zero-order valence-corrected chi connectivity index (χ0v) is 25.8. The van der Waals surface area contributed by atoms with Gasteiger partial charge >= 0.3 is 0 Å². The fraction of sp³-hybridized carbons (Fsp3) is 0. The number of rotatable bonds is 2. The highest BCUT2D eigenvalue weighted by atomic mass is 32.1. The van der Waals surface area contributed by atoms with Crippen LogP contribution < -0.4 is 0 Å². The van der Waals surface area contributed by atoms with Crippen LogP contribution in [-0.4, -0.2) is 14.5 Å². The minimum absolute atomic E-state index is 0.629. The molecule has 4 aromatic heterocycles. The number of hydrogen-bond donors (Lipinski definition) is 0. The summed E-state index contributed by atoms with van der Waals surface area (Å²) >= 11 is 1.80. The molecule has 0 saturated carbocycles. The van der Waals surface area contributed by atoms with E-state index in [0.29, 0.717) is 11.5 Å². The molecule has 7 aromatic carbocycles. The zero-order chi connectivity index (χ0) is 30.6. The largest absolute Gasteiger partial charge is 0.452 e. The molecule has 0 aliphatic rings. The molecule has 0 atom stereocenters. The molecule has 0 spiro atoms. The Hall–Kier alpha value is -6.04. The van der Waals surface area contributed by atoms with Gasteiger partial charge in [0, 0.05) is 47.3 Å². The van der Waals surface area contributed by atoms with Crippen LogP contribution >= 0.6 is 11.3 Å². The van der Waals surface area contributed by atoms with Crippen molar-refractivity contribution in [2.45, 2.75) is 0 Å². The Labute approximate surface area is 271 Å². The highest BCUT2D eigenvalue weighted by molar-refractivity contribution is 7.26. The summed E-state index contributed by atoms with van der Waals surface area (Å²) in [5.74, 6) is 0.629. The predicted molar refractivity (Wildman–Crippen MR) is 197 cm³/mol. The van der Waals surface area contributed by atoms with Crippen LogP contribution in [0.1, 0.15) is 0 Å². The van der Waals surface area contributed by atoms with Crippen LogP contribution in [-0.2, 0) is 0 Å². The van der Waals surface area contributed by atoms with Crippen molar-refractivity contribution in [3.05, 3.63) is 140 Å². The summed E-state index contributed by atoms with van der Waals surface area (Å²) < 4.78 is 11.3. The normalized spacial score (nSPS) is 12.3. The molecule has 11 rings (SSSR count). The molecule has 0 aliphatic carbocycles. The highest BCUT2D eigenvalue weighted by Crippen LogP contribution is 2.44. The minimum atomic E-state index is 0.629. The van der Waals surface area contributed by atoms with E-state index in [1.807, 2.05) is 18.2 Å². The maximum Gasteiger partial charge on any atom is 0.236 e. The number of fused-ring (bicyclic) bond motifs is 13. The lowest BCUT2D eigenvalue weighted by Gasteiger charge is -2.11. The van der Waals surface area contributed by atoms with Crippen molar-refractivity contribution in [1.29, 1.82) is 0 Å². The predicted octanol–water partition coefficient (Wildman–Crippen LogP) is 11.8. The average Bonchev–Trinajstić information content (AvgIpc) is 3.81. The van der Waals surface area contributed by atoms with Gasteiger partial charge < -0.3 is 4.42 Å². The number of para-hydroxylation sites is 1. The van der Waals surface area contributed by atoms with Gasteiger partial charge in [-0.15, -0.1) is 11.3 Å². The molecule has 4 nitrogen and oxygen atoms in total. The average molecular weight is 618 g/mol. The second-order valence-electron chi connectivity index (χ2n) is 12.1. The third kappa shape index (κ3) is 3.41. The maximum atomic E-state index is 6.61. The van der Waals surface area contributed by atoms with E-state index in [4.69, 9.17) is 14.4 Å². The van der Waals surface area contributed by atoms with E-state index in [2.05, 4.69) is 126 Å². The van der Waals surface area contributed by atoms with Crippen molar-refractivity contribution in [1.82, 2.24) is 14.5 Å². The lowest BCUT2D eigenvalue weighted by molar-refractivity contribution is 0.666. The van der Waals surface area contributed by atoms with Gasteiger partial charge in [0.1, 0.15) is 16.8 Å².